The summed E-state index contributed by atoms with van der Waals surface area (Å²) < 4.78 is 7.11. The Kier molecular flexibility index (Phi) is 4.15. The fraction of sp³-hybridized carbons (Fsp3) is 0.467. The maximum absolute atomic E-state index is 12.8. The third-order valence-electron chi connectivity index (χ3n) is 3.73. The van der Waals surface area contributed by atoms with Gasteiger partial charge in [-0.05, 0) is 19.1 Å². The van der Waals surface area contributed by atoms with E-state index < -0.39 is 0 Å². The van der Waals surface area contributed by atoms with Gasteiger partial charge in [-0.2, -0.15) is 5.10 Å². The van der Waals surface area contributed by atoms with Gasteiger partial charge in [-0.3, -0.25) is 4.79 Å². The number of aromatic nitrogens is 4. The molecular formula is C15H19N5O2. The van der Waals surface area contributed by atoms with Crippen LogP contribution in [0.15, 0.2) is 24.5 Å². The highest BCUT2D eigenvalue weighted by atomic mass is 16.5. The van der Waals surface area contributed by atoms with E-state index in [1.807, 2.05) is 23.7 Å². The molecule has 0 spiro atoms. The zero-order valence-corrected chi connectivity index (χ0v) is 12.8. The number of pyridine rings is 1. The molecule has 1 atom stereocenters. The molecule has 22 heavy (non-hydrogen) atoms. The number of nitrogens with zero attached hydrogens (tertiary/aromatic N) is 5. The number of carbonyl (C=O) groups is 1. The Labute approximate surface area is 128 Å². The number of hydrogen-bond donors (Lipinski definition) is 0. The summed E-state index contributed by atoms with van der Waals surface area (Å²) in [5.74, 6) is 0.891. The predicted molar refractivity (Wildman–Crippen MR) is 79.1 cm³/mol. The molecule has 3 heterocycles. The average molecular weight is 301 g/mol. The topological polar surface area (TPSA) is 73.1 Å². The molecule has 0 N–H and O–H groups in total. The lowest BCUT2D eigenvalue weighted by molar-refractivity contribution is 0.0659. The van der Waals surface area contributed by atoms with Crippen LogP contribution in [0.2, 0.25) is 0 Å². The number of methoxy groups -OCH3 is 1. The fourth-order valence-corrected chi connectivity index (χ4v) is 2.73. The highest BCUT2D eigenvalue weighted by molar-refractivity contribution is 5.92. The Morgan fingerprint density at radius 3 is 3.05 bits per heavy atom. The standard InChI is InChI=1S/C15H19N5O2/c1-11-4-3-5-13(18-11)15(21)19-6-12(9-22-2)7-20-14(8-19)16-10-17-20/h3-5,10,12H,6-9H2,1-2H3. The summed E-state index contributed by atoms with van der Waals surface area (Å²) in [7, 11) is 1.67. The molecule has 0 bridgehead atoms. The van der Waals surface area contributed by atoms with Crippen LogP contribution in [0.25, 0.3) is 0 Å². The Morgan fingerprint density at radius 1 is 1.41 bits per heavy atom. The second-order valence-corrected chi connectivity index (χ2v) is 5.53. The molecule has 7 nitrogen and oxygen atoms in total. The lowest BCUT2D eigenvalue weighted by Crippen LogP contribution is -2.35. The largest absolute Gasteiger partial charge is 0.384 e. The summed E-state index contributed by atoms with van der Waals surface area (Å²) in [5, 5.41) is 4.23. The van der Waals surface area contributed by atoms with Crippen molar-refractivity contribution in [1.29, 1.82) is 0 Å². The first-order valence-corrected chi connectivity index (χ1v) is 7.26. The van der Waals surface area contributed by atoms with Crippen LogP contribution in [0, 0.1) is 12.8 Å². The summed E-state index contributed by atoms with van der Waals surface area (Å²) in [6.07, 6.45) is 1.53. The summed E-state index contributed by atoms with van der Waals surface area (Å²) in [5.41, 5.74) is 1.29. The molecule has 3 rings (SSSR count). The number of carbonyl (C=O) groups excluding carboxylic acids is 1. The molecule has 7 heteroatoms. The van der Waals surface area contributed by atoms with Crippen molar-refractivity contribution >= 4 is 5.91 Å². The van der Waals surface area contributed by atoms with Gasteiger partial charge in [0.15, 0.2) is 0 Å². The highest BCUT2D eigenvalue weighted by Gasteiger charge is 2.27. The molecule has 0 aliphatic carbocycles. The molecule has 0 saturated heterocycles. The van der Waals surface area contributed by atoms with Crippen molar-refractivity contribution in [3.05, 3.63) is 41.7 Å². The van der Waals surface area contributed by atoms with Crippen LogP contribution < -0.4 is 0 Å². The zero-order chi connectivity index (χ0) is 15.5. The fourth-order valence-electron chi connectivity index (χ4n) is 2.73. The molecule has 1 aliphatic rings. The van der Waals surface area contributed by atoms with Gasteiger partial charge < -0.3 is 9.64 Å². The Morgan fingerprint density at radius 2 is 2.27 bits per heavy atom. The minimum Gasteiger partial charge on any atom is -0.384 e. The summed E-state index contributed by atoms with van der Waals surface area (Å²) in [4.78, 5) is 23.1. The van der Waals surface area contributed by atoms with Gasteiger partial charge in [-0.25, -0.2) is 14.6 Å². The van der Waals surface area contributed by atoms with E-state index in [0.717, 1.165) is 11.5 Å². The number of aryl methyl sites for hydroxylation is 1. The van der Waals surface area contributed by atoms with Crippen LogP contribution in [-0.4, -0.2) is 50.8 Å². The van der Waals surface area contributed by atoms with Gasteiger partial charge in [0, 0.05) is 31.8 Å². The first-order valence-electron chi connectivity index (χ1n) is 7.26. The van der Waals surface area contributed by atoms with Gasteiger partial charge in [0.05, 0.1) is 13.2 Å². The molecule has 1 amide bonds. The lowest BCUT2D eigenvalue weighted by atomic mass is 10.1. The molecular weight excluding hydrogens is 282 g/mol. The molecule has 2 aromatic rings. The van der Waals surface area contributed by atoms with Gasteiger partial charge in [-0.15, -0.1) is 0 Å². The quantitative estimate of drug-likeness (QED) is 0.842. The summed E-state index contributed by atoms with van der Waals surface area (Å²) in [6, 6.07) is 5.47. The normalized spacial score (nSPS) is 17.9. The molecule has 2 aromatic heterocycles. The first-order chi connectivity index (χ1) is 10.7. The molecule has 0 fully saturated rings. The van der Waals surface area contributed by atoms with Crippen LogP contribution in [0.5, 0.6) is 0 Å². The minimum absolute atomic E-state index is 0.0822. The van der Waals surface area contributed by atoms with E-state index in [2.05, 4.69) is 15.1 Å². The smallest absolute Gasteiger partial charge is 0.272 e. The number of fused-ring (bicyclic) bond motifs is 1. The number of rotatable bonds is 3. The molecule has 0 aromatic carbocycles. The maximum atomic E-state index is 12.8. The van der Waals surface area contributed by atoms with E-state index in [9.17, 15) is 4.79 Å². The predicted octanol–water partition coefficient (Wildman–Crippen LogP) is 0.900. The van der Waals surface area contributed by atoms with Crippen molar-refractivity contribution in [2.45, 2.75) is 20.0 Å². The van der Waals surface area contributed by atoms with E-state index in [-0.39, 0.29) is 11.8 Å². The van der Waals surface area contributed by atoms with Crippen molar-refractivity contribution in [2.75, 3.05) is 20.3 Å². The van der Waals surface area contributed by atoms with Crippen molar-refractivity contribution in [3.63, 3.8) is 0 Å². The SMILES string of the molecule is COCC1CN(C(=O)c2cccc(C)n2)Cc2ncnn2C1. The third-order valence-corrected chi connectivity index (χ3v) is 3.73. The zero-order valence-electron chi connectivity index (χ0n) is 12.8. The average Bonchev–Trinajstić information content (AvgIpc) is 2.86. The van der Waals surface area contributed by atoms with Gasteiger partial charge in [0.1, 0.15) is 17.8 Å². The summed E-state index contributed by atoms with van der Waals surface area (Å²) in [6.45, 7) is 4.20. The molecule has 1 aliphatic heterocycles. The molecule has 116 valence electrons. The minimum atomic E-state index is -0.0822. The van der Waals surface area contributed by atoms with Crippen molar-refractivity contribution < 1.29 is 9.53 Å². The van der Waals surface area contributed by atoms with Crippen LogP contribution in [0.1, 0.15) is 22.0 Å². The Balaban J connectivity index is 1.87. The molecule has 0 radical (unpaired) electrons. The van der Waals surface area contributed by atoms with Gasteiger partial charge in [0.25, 0.3) is 5.91 Å². The Hall–Kier alpha value is -2.28. The lowest BCUT2D eigenvalue weighted by Gasteiger charge is -2.23. The van der Waals surface area contributed by atoms with Gasteiger partial charge >= 0.3 is 0 Å². The van der Waals surface area contributed by atoms with E-state index in [1.165, 1.54) is 6.33 Å². The third kappa shape index (κ3) is 2.99. The first kappa shape index (κ1) is 14.6. The van der Waals surface area contributed by atoms with E-state index >= 15 is 0 Å². The van der Waals surface area contributed by atoms with Crippen LogP contribution in [0.3, 0.4) is 0 Å². The van der Waals surface area contributed by atoms with Crippen LogP contribution in [-0.2, 0) is 17.8 Å². The van der Waals surface area contributed by atoms with E-state index in [4.69, 9.17) is 4.74 Å². The van der Waals surface area contributed by atoms with E-state index in [1.54, 1.807) is 18.1 Å². The number of hydrogen-bond acceptors (Lipinski definition) is 5. The van der Waals surface area contributed by atoms with Crippen LogP contribution in [0.4, 0.5) is 0 Å². The maximum Gasteiger partial charge on any atom is 0.272 e. The number of ether oxygens (including phenoxy) is 1. The van der Waals surface area contributed by atoms with E-state index in [0.29, 0.717) is 31.9 Å². The Bertz CT molecular complexity index is 669. The monoisotopic (exact) mass is 301 g/mol. The molecule has 0 saturated carbocycles. The van der Waals surface area contributed by atoms with Crippen molar-refractivity contribution in [2.24, 2.45) is 5.92 Å². The van der Waals surface area contributed by atoms with Gasteiger partial charge in [-0.1, -0.05) is 6.07 Å². The summed E-state index contributed by atoms with van der Waals surface area (Å²) >= 11 is 0. The van der Waals surface area contributed by atoms with Crippen molar-refractivity contribution in [1.82, 2.24) is 24.6 Å². The van der Waals surface area contributed by atoms with Gasteiger partial charge in [0.2, 0.25) is 0 Å². The second kappa shape index (κ2) is 6.23. The number of amides is 1. The van der Waals surface area contributed by atoms with Crippen LogP contribution >= 0.6 is 0 Å². The van der Waals surface area contributed by atoms with Crippen molar-refractivity contribution in [3.8, 4) is 0 Å². The molecule has 1 unspecified atom stereocenters. The highest BCUT2D eigenvalue weighted by Crippen LogP contribution is 2.16. The second-order valence-electron chi connectivity index (χ2n) is 5.53.